The molecule has 4 saturated heterocycles. The first kappa shape index (κ1) is 89.1. The first-order valence-corrected chi connectivity index (χ1v) is 40.1. The van der Waals surface area contributed by atoms with E-state index >= 15 is 28.8 Å². The van der Waals surface area contributed by atoms with Crippen LogP contribution in [0.25, 0.3) is 11.1 Å². The van der Waals surface area contributed by atoms with Crippen LogP contribution < -0.4 is 73.5 Å². The quantitative estimate of drug-likeness (QED) is 0.0645. The molecule has 9 heterocycles. The van der Waals surface area contributed by atoms with E-state index < -0.39 is 245 Å². The third-order valence-corrected chi connectivity index (χ3v) is 23.1. The number of aromatic hydroxyl groups is 3. The second-order valence-electron chi connectivity index (χ2n) is 32.6. The maximum Gasteiger partial charge on any atom is 0.249 e. The number of nitrogens with one attached hydrogen (secondary N) is 7. The summed E-state index contributed by atoms with van der Waals surface area (Å²) >= 11 is 7.19. The van der Waals surface area contributed by atoms with Crippen LogP contribution in [0, 0.1) is 11.7 Å². The summed E-state index contributed by atoms with van der Waals surface area (Å²) in [5.74, 6) is -14.6. The Hall–Kier alpha value is -10.7. The summed E-state index contributed by atoms with van der Waals surface area (Å²) in [5.41, 5.74) is 14.9. The first-order valence-electron chi connectivity index (χ1n) is 39.7. The van der Waals surface area contributed by atoms with E-state index in [1.807, 2.05) is 18.7 Å². The molecule has 22 N–H and O–H groups in total. The Kier molecular flexibility index (Phi) is 26.6. The highest BCUT2D eigenvalue weighted by Crippen LogP contribution is 2.50. The molecule has 37 nitrogen and oxygen atoms in total. The maximum absolute atomic E-state index is 16.6. The average Bonchev–Trinajstić information content (AvgIpc) is 0.759. The number of aliphatic hydroxyl groups excluding tert-OH is 6. The topological polar surface area (TPSA) is 561 Å². The lowest BCUT2D eigenvalue weighted by Gasteiger charge is -2.47. The lowest BCUT2D eigenvalue weighted by molar-refractivity contribution is -0.333. The number of phenolic OH excluding ortho intramolecular Hbond substituents is 3. The first-order chi connectivity index (χ1) is 57.8. The summed E-state index contributed by atoms with van der Waals surface area (Å²) in [5, 5.41) is 124. The number of piperazine rings is 1. The Labute approximate surface area is 703 Å². The van der Waals surface area contributed by atoms with Gasteiger partial charge in [0.25, 0.3) is 0 Å². The molecule has 39 heteroatoms. The Morgan fingerprint density at radius 2 is 1.27 bits per heavy atom. The Balaban J connectivity index is 1.04. The fourth-order valence-corrected chi connectivity index (χ4v) is 16.5. The Morgan fingerprint density at radius 1 is 0.664 bits per heavy atom. The van der Waals surface area contributed by atoms with Crippen molar-refractivity contribution in [2.24, 2.45) is 23.1 Å². The zero-order chi connectivity index (χ0) is 88.0. The number of aliphatic hydroxyl groups is 6. The number of fused-ring (bicyclic) bond motifs is 15. The predicted molar refractivity (Wildman–Crippen MR) is 428 cm³/mol. The number of carbonyl (C=O) groups excluding carboxylic acids is 8. The zero-order valence-electron chi connectivity index (χ0n) is 67.3. The van der Waals surface area contributed by atoms with Gasteiger partial charge in [-0.1, -0.05) is 49.7 Å². The monoisotopic (exact) mass is 1720 g/mol. The van der Waals surface area contributed by atoms with Gasteiger partial charge in [-0.2, -0.15) is 0 Å². The van der Waals surface area contributed by atoms with E-state index in [2.05, 4.69) is 37.2 Å². The smallest absolute Gasteiger partial charge is 0.249 e. The number of primary amides is 1. The van der Waals surface area contributed by atoms with Crippen LogP contribution in [0.4, 0.5) is 10.1 Å². The molecule has 122 heavy (non-hydrogen) atoms. The van der Waals surface area contributed by atoms with Gasteiger partial charge in [0, 0.05) is 73.0 Å². The van der Waals surface area contributed by atoms with Crippen LogP contribution in [0.3, 0.4) is 0 Å². The Morgan fingerprint density at radius 3 is 1.89 bits per heavy atom. The predicted octanol–water partition coefficient (Wildman–Crippen LogP) is 1.09. The number of halogens is 2. The van der Waals surface area contributed by atoms with Gasteiger partial charge in [0.1, 0.15) is 101 Å². The third-order valence-electron chi connectivity index (χ3n) is 22.9. The molecule has 9 aliphatic heterocycles. The van der Waals surface area contributed by atoms with Gasteiger partial charge in [0.15, 0.2) is 30.2 Å². The minimum Gasteiger partial charge on any atom is -0.508 e. The summed E-state index contributed by atoms with van der Waals surface area (Å²) in [6.07, 6.45) is -22.4. The number of hydrogen-bond donors (Lipinski definition) is 19. The summed E-state index contributed by atoms with van der Waals surface area (Å²) in [6, 6.07) is 8.19. The van der Waals surface area contributed by atoms with E-state index in [9.17, 15) is 59.9 Å². The van der Waals surface area contributed by atoms with Crippen molar-refractivity contribution in [3.8, 4) is 57.1 Å². The number of nitrogens with two attached hydrogens (primary N) is 3. The molecule has 0 unspecified atom stereocenters. The van der Waals surface area contributed by atoms with Crippen LogP contribution in [0.1, 0.15) is 125 Å². The molecule has 0 saturated carbocycles. The van der Waals surface area contributed by atoms with Crippen molar-refractivity contribution in [1.82, 2.24) is 42.1 Å². The maximum atomic E-state index is 16.6. The van der Waals surface area contributed by atoms with Crippen molar-refractivity contribution in [2.45, 2.75) is 201 Å². The Bertz CT molecular complexity index is 4930. The molecule has 11 bridgehead atoms. The molecule has 656 valence electrons. The molecule has 0 aromatic heterocycles. The number of phenols is 3. The lowest BCUT2D eigenvalue weighted by Crippen LogP contribution is -2.64. The van der Waals surface area contributed by atoms with Crippen molar-refractivity contribution in [3.63, 3.8) is 0 Å². The standard InChI is InChI=1S/C83H100ClFN12O25/c1-35(2)24-49(89-7)74(108)94-64-66(103)40-11-19-53(48(84)26-40)118-55-28-41-27-54(70(55)122-81-71(68(105)67(104)56(34-98)119-81)121-59-33-83(6,88)73(107)37(4)116-59)117-45-16-8-38(9-17-45)69(120-58-32-82(5,87)72(106)36(3)115-58)65-79(113)93-63(80(114)97-22-20-96(21-23-97)43-14-12-42(85)13-15-43)47-29-44(99)30-52(101)60(47)46-25-39(10-18-51(46)100)61(76(110)95-65)92-77(111)62(41)91-75(109)50(31-57(86)102)90-78(64)112/h8-19,25-30,35-37,49-50,56,58-59,61-69,71-73,81,89,98-101,103-107H,20-24,31-34,87-88H2,1-7H3,(H2,86,102)(H,90,112)(H,91,109)(H,92,111)(H,93,113)(H,94,108)(H,95,110)/t36-,37-,49+,50-,56+,58-,59-,61+,62+,63-,64+,65-,66+,67+,68-,69+,71+,72-,73-,81-,82-,83-/m0/s1. The van der Waals surface area contributed by atoms with Crippen LogP contribution in [0.5, 0.6) is 46.0 Å². The number of hydrogen-bond acceptors (Lipinski definition) is 29. The number of anilines is 1. The van der Waals surface area contributed by atoms with Gasteiger partial charge < -0.3 is 148 Å². The van der Waals surface area contributed by atoms with Crippen molar-refractivity contribution in [3.05, 3.63) is 148 Å². The molecule has 0 radical (unpaired) electrons. The van der Waals surface area contributed by atoms with E-state index in [1.54, 1.807) is 12.1 Å². The summed E-state index contributed by atoms with van der Waals surface area (Å²) in [4.78, 5) is 127. The molecule has 8 amide bonds. The number of rotatable bonds is 16. The number of nitrogens with zero attached hydrogens (tertiary/aromatic N) is 2. The highest BCUT2D eigenvalue weighted by molar-refractivity contribution is 6.32. The van der Waals surface area contributed by atoms with Gasteiger partial charge in [-0.15, -0.1) is 0 Å². The second kappa shape index (κ2) is 36.4. The van der Waals surface area contributed by atoms with Gasteiger partial charge in [-0.05, 0) is 154 Å². The normalized spacial score (nSPS) is 31.0. The minimum absolute atomic E-state index is 0.00686. The number of likely N-dealkylation sites (N-methyl/N-ethyl adjacent to an activating group) is 1. The molecule has 4 fully saturated rings. The highest BCUT2D eigenvalue weighted by atomic mass is 35.5. The van der Waals surface area contributed by atoms with Gasteiger partial charge in [-0.3, -0.25) is 38.4 Å². The van der Waals surface area contributed by atoms with Gasteiger partial charge in [-0.25, -0.2) is 4.39 Å². The van der Waals surface area contributed by atoms with Crippen LogP contribution in [-0.4, -0.2) is 241 Å². The number of carbonyl (C=O) groups is 8. The largest absolute Gasteiger partial charge is 0.508 e. The SMILES string of the molecule is CN[C@H](CC(C)C)C(=O)N[C@H]1C(=O)N[C@@H](CC(N)=O)C(=O)N[C@H]2C(=O)N[C@H]3C(=O)N[C@H](C(=O)N[C@H](C(=O)N4CCN(c5ccc(F)cc5)CC4)c4cc(O)cc(O)c4-c4cc3ccc4O)[C@H](O[C@H]3C[C@](C)(N)[C@@H](O)[C@H](C)O3)c3ccc(cc3)Oc3cc2cc(c3O[C@@H]2O[C@H](CO)[C@@H](O)[C@H](O)[C@H]2O[C@H]2C[C@](C)(N)[C@@H](O)[C@H](C)O2)Oc2ccc(cc2Cl)[C@H]1O. The van der Waals surface area contributed by atoms with Crippen LogP contribution in [-0.2, 0) is 62.0 Å². The molecule has 6 aromatic rings. The molecule has 22 atom stereocenters. The fraction of sp³-hybridized carbons (Fsp3) is 0.470. The van der Waals surface area contributed by atoms with E-state index in [-0.39, 0.29) is 95.7 Å². The van der Waals surface area contributed by atoms with Crippen molar-refractivity contribution in [1.29, 1.82) is 0 Å². The minimum atomic E-state index is -2.35. The summed E-state index contributed by atoms with van der Waals surface area (Å²) in [6.45, 7) is 8.96. The highest BCUT2D eigenvalue weighted by Gasteiger charge is 2.53. The van der Waals surface area contributed by atoms with E-state index in [0.29, 0.717) is 5.69 Å². The van der Waals surface area contributed by atoms with Crippen molar-refractivity contribution in [2.75, 3.05) is 44.7 Å². The molecular weight excluding hydrogens is 1620 g/mol. The third kappa shape index (κ3) is 19.1. The second-order valence-corrected chi connectivity index (χ2v) is 33.0. The molecule has 0 spiro atoms. The molecule has 6 aromatic carbocycles. The molecule has 9 aliphatic rings. The molecular formula is C83H100ClFN12O25. The van der Waals surface area contributed by atoms with Crippen molar-refractivity contribution >= 4 is 64.5 Å². The molecule has 15 rings (SSSR count). The van der Waals surface area contributed by atoms with E-state index in [1.165, 1.54) is 88.2 Å². The summed E-state index contributed by atoms with van der Waals surface area (Å²) < 4.78 is 66.6. The fourth-order valence-electron chi connectivity index (χ4n) is 16.2. The van der Waals surface area contributed by atoms with E-state index in [0.717, 1.165) is 48.5 Å². The number of ether oxygens (including phenoxy) is 8. The molecule has 0 aliphatic carbocycles. The van der Waals surface area contributed by atoms with Crippen molar-refractivity contribution < 1.29 is 127 Å². The number of benzene rings is 6. The lowest BCUT2D eigenvalue weighted by atomic mass is 9.86. The van der Waals surface area contributed by atoms with Crippen LogP contribution in [0.2, 0.25) is 5.02 Å². The average molecular weight is 1720 g/mol. The zero-order valence-corrected chi connectivity index (χ0v) is 68.1. The number of amides is 8. The van der Waals surface area contributed by atoms with Crippen LogP contribution >= 0.6 is 11.6 Å². The van der Waals surface area contributed by atoms with Gasteiger partial charge in [0.2, 0.25) is 59.3 Å². The van der Waals surface area contributed by atoms with E-state index in [4.69, 9.17) is 66.7 Å². The van der Waals surface area contributed by atoms with Gasteiger partial charge in [0.05, 0.1) is 48.5 Å². The summed E-state index contributed by atoms with van der Waals surface area (Å²) in [7, 11) is 1.48. The van der Waals surface area contributed by atoms with Gasteiger partial charge >= 0.3 is 0 Å². The van der Waals surface area contributed by atoms with Crippen LogP contribution in [0.15, 0.2) is 109 Å².